The molecule has 0 aromatic carbocycles. The van der Waals surface area contributed by atoms with Crippen LogP contribution in [-0.2, 0) is 6.42 Å². The van der Waals surface area contributed by atoms with Gasteiger partial charge < -0.3 is 10.3 Å². The first-order chi connectivity index (χ1) is 8.19. The zero-order valence-corrected chi connectivity index (χ0v) is 10.7. The first-order valence-corrected chi connectivity index (χ1v) is 6.52. The van der Waals surface area contributed by atoms with Gasteiger partial charge in [0.1, 0.15) is 11.6 Å². The van der Waals surface area contributed by atoms with Gasteiger partial charge in [0.15, 0.2) is 0 Å². The van der Waals surface area contributed by atoms with E-state index in [-0.39, 0.29) is 11.6 Å². The van der Waals surface area contributed by atoms with Crippen LogP contribution in [-0.4, -0.2) is 9.97 Å². The summed E-state index contributed by atoms with van der Waals surface area (Å²) in [5.41, 5.74) is 1.09. The number of rotatable bonds is 4. The maximum absolute atomic E-state index is 11.4. The Morgan fingerprint density at radius 1 is 1.59 bits per heavy atom. The summed E-state index contributed by atoms with van der Waals surface area (Å²) >= 11 is 1.66. The van der Waals surface area contributed by atoms with Gasteiger partial charge in [0.2, 0.25) is 0 Å². The molecule has 0 aliphatic rings. The Morgan fingerprint density at radius 3 is 3.06 bits per heavy atom. The quantitative estimate of drug-likeness (QED) is 0.875. The fourth-order valence-corrected chi connectivity index (χ4v) is 2.33. The molecular formula is C12H15N3OS. The van der Waals surface area contributed by atoms with E-state index in [4.69, 9.17) is 0 Å². The van der Waals surface area contributed by atoms with E-state index in [2.05, 4.69) is 33.7 Å². The Hall–Kier alpha value is -1.62. The molecule has 5 heteroatoms. The van der Waals surface area contributed by atoms with Gasteiger partial charge in [-0.05, 0) is 29.3 Å². The average molecular weight is 249 g/mol. The molecule has 0 fully saturated rings. The summed E-state index contributed by atoms with van der Waals surface area (Å²) in [5.74, 6) is 1.34. The molecule has 0 amide bonds. The number of aryl methyl sites for hydroxylation is 1. The van der Waals surface area contributed by atoms with Crippen LogP contribution in [0.1, 0.15) is 31.3 Å². The maximum atomic E-state index is 11.4. The minimum Gasteiger partial charge on any atom is -0.363 e. The predicted octanol–water partition coefficient (Wildman–Crippen LogP) is 2.57. The Labute approximate surface area is 104 Å². The first-order valence-electron chi connectivity index (χ1n) is 5.58. The monoisotopic (exact) mass is 249 g/mol. The molecule has 2 aromatic heterocycles. The molecule has 0 saturated heterocycles. The molecule has 0 bridgehead atoms. The molecule has 0 radical (unpaired) electrons. The lowest BCUT2D eigenvalue weighted by atomic mass is 10.2. The highest BCUT2D eigenvalue weighted by Gasteiger charge is 2.07. The van der Waals surface area contributed by atoms with Crippen LogP contribution in [0, 0.1) is 0 Å². The standard InChI is InChI=1S/C12H15N3OS/c1-3-10-14-11(6-12(16)15-10)13-8(2)9-4-5-17-7-9/h4-8H,3H2,1-2H3,(H2,13,14,15,16). The fourth-order valence-electron chi connectivity index (χ4n) is 1.58. The maximum Gasteiger partial charge on any atom is 0.252 e. The Bertz CT molecular complexity index is 533. The van der Waals surface area contributed by atoms with Crippen molar-refractivity contribution >= 4 is 17.2 Å². The Morgan fingerprint density at radius 2 is 2.41 bits per heavy atom. The lowest BCUT2D eigenvalue weighted by Gasteiger charge is -2.13. The van der Waals surface area contributed by atoms with E-state index in [0.717, 1.165) is 6.42 Å². The van der Waals surface area contributed by atoms with Crippen molar-refractivity contribution < 1.29 is 0 Å². The predicted molar refractivity (Wildman–Crippen MR) is 70.6 cm³/mol. The van der Waals surface area contributed by atoms with Crippen molar-refractivity contribution in [2.45, 2.75) is 26.3 Å². The molecule has 0 aliphatic carbocycles. The van der Waals surface area contributed by atoms with Gasteiger partial charge in [-0.25, -0.2) is 4.98 Å². The minimum absolute atomic E-state index is 0.114. The Kier molecular flexibility index (Phi) is 3.58. The summed E-state index contributed by atoms with van der Waals surface area (Å²) in [6.07, 6.45) is 0.720. The number of hydrogen-bond donors (Lipinski definition) is 2. The lowest BCUT2D eigenvalue weighted by Crippen LogP contribution is -2.15. The van der Waals surface area contributed by atoms with Gasteiger partial charge in [0, 0.05) is 12.5 Å². The summed E-state index contributed by atoms with van der Waals surface area (Å²) in [6.45, 7) is 4.01. The topological polar surface area (TPSA) is 57.8 Å². The molecule has 17 heavy (non-hydrogen) atoms. The van der Waals surface area contributed by atoms with Crippen LogP contribution in [0.5, 0.6) is 0 Å². The zero-order chi connectivity index (χ0) is 12.3. The van der Waals surface area contributed by atoms with Gasteiger partial charge >= 0.3 is 0 Å². The van der Waals surface area contributed by atoms with Crippen molar-refractivity contribution in [2.24, 2.45) is 0 Å². The second-order valence-corrected chi connectivity index (χ2v) is 4.63. The second-order valence-electron chi connectivity index (χ2n) is 3.85. The van der Waals surface area contributed by atoms with Gasteiger partial charge in [0.25, 0.3) is 5.56 Å². The van der Waals surface area contributed by atoms with E-state index in [1.54, 1.807) is 11.3 Å². The highest BCUT2D eigenvalue weighted by molar-refractivity contribution is 7.07. The molecule has 1 unspecified atom stereocenters. The number of H-pyrrole nitrogens is 1. The Balaban J connectivity index is 2.18. The average Bonchev–Trinajstić information content (AvgIpc) is 2.81. The number of nitrogens with zero attached hydrogens (tertiary/aromatic N) is 1. The molecular weight excluding hydrogens is 234 g/mol. The number of hydrogen-bond acceptors (Lipinski definition) is 4. The molecule has 2 aromatic rings. The van der Waals surface area contributed by atoms with Crippen molar-refractivity contribution in [3.05, 3.63) is 44.6 Å². The zero-order valence-electron chi connectivity index (χ0n) is 9.86. The van der Waals surface area contributed by atoms with Crippen LogP contribution in [0.2, 0.25) is 0 Å². The highest BCUT2D eigenvalue weighted by atomic mass is 32.1. The normalized spacial score (nSPS) is 12.4. The SMILES string of the molecule is CCc1nc(NC(C)c2ccsc2)cc(=O)[nH]1. The number of thiophene rings is 1. The van der Waals surface area contributed by atoms with Gasteiger partial charge in [-0.3, -0.25) is 4.79 Å². The van der Waals surface area contributed by atoms with Crippen molar-refractivity contribution in [2.75, 3.05) is 5.32 Å². The summed E-state index contributed by atoms with van der Waals surface area (Å²) in [7, 11) is 0. The van der Waals surface area contributed by atoms with Gasteiger partial charge in [-0.2, -0.15) is 11.3 Å². The summed E-state index contributed by atoms with van der Waals surface area (Å²) in [4.78, 5) is 18.4. The molecule has 1 atom stereocenters. The number of aromatic amines is 1. The third-order valence-electron chi connectivity index (χ3n) is 2.53. The molecule has 4 nitrogen and oxygen atoms in total. The molecule has 2 rings (SSSR count). The van der Waals surface area contributed by atoms with E-state index >= 15 is 0 Å². The second kappa shape index (κ2) is 5.14. The van der Waals surface area contributed by atoms with Crippen LogP contribution in [0.3, 0.4) is 0 Å². The highest BCUT2D eigenvalue weighted by Crippen LogP contribution is 2.19. The van der Waals surface area contributed by atoms with Crippen LogP contribution in [0.4, 0.5) is 5.82 Å². The molecule has 2 heterocycles. The van der Waals surface area contributed by atoms with E-state index < -0.39 is 0 Å². The molecule has 0 aliphatic heterocycles. The summed E-state index contributed by atoms with van der Waals surface area (Å²) in [6, 6.07) is 3.71. The third-order valence-corrected chi connectivity index (χ3v) is 3.23. The fraction of sp³-hybridized carbons (Fsp3) is 0.333. The summed E-state index contributed by atoms with van der Waals surface area (Å²) < 4.78 is 0. The smallest absolute Gasteiger partial charge is 0.252 e. The van der Waals surface area contributed by atoms with E-state index in [1.807, 2.05) is 12.3 Å². The first kappa shape index (κ1) is 11.9. The molecule has 0 saturated carbocycles. The largest absolute Gasteiger partial charge is 0.363 e. The third kappa shape index (κ3) is 2.94. The number of aromatic nitrogens is 2. The van der Waals surface area contributed by atoms with Gasteiger partial charge in [0.05, 0.1) is 6.04 Å². The van der Waals surface area contributed by atoms with Crippen molar-refractivity contribution in [1.29, 1.82) is 0 Å². The van der Waals surface area contributed by atoms with Crippen LogP contribution >= 0.6 is 11.3 Å². The van der Waals surface area contributed by atoms with E-state index in [1.165, 1.54) is 11.6 Å². The summed E-state index contributed by atoms with van der Waals surface area (Å²) in [5, 5.41) is 7.36. The molecule has 90 valence electrons. The van der Waals surface area contributed by atoms with Crippen LogP contribution in [0.25, 0.3) is 0 Å². The molecule has 2 N–H and O–H groups in total. The van der Waals surface area contributed by atoms with Crippen LogP contribution in [0.15, 0.2) is 27.7 Å². The number of nitrogens with one attached hydrogen (secondary N) is 2. The van der Waals surface area contributed by atoms with Crippen molar-refractivity contribution in [3.63, 3.8) is 0 Å². The number of anilines is 1. The van der Waals surface area contributed by atoms with E-state index in [9.17, 15) is 4.79 Å². The van der Waals surface area contributed by atoms with Crippen molar-refractivity contribution in [3.8, 4) is 0 Å². The molecule has 0 spiro atoms. The van der Waals surface area contributed by atoms with Crippen molar-refractivity contribution in [1.82, 2.24) is 9.97 Å². The lowest BCUT2D eigenvalue weighted by molar-refractivity contribution is 0.855. The van der Waals surface area contributed by atoms with Gasteiger partial charge in [-0.1, -0.05) is 6.92 Å². The minimum atomic E-state index is -0.114. The van der Waals surface area contributed by atoms with E-state index in [0.29, 0.717) is 11.6 Å². The van der Waals surface area contributed by atoms with Gasteiger partial charge in [-0.15, -0.1) is 0 Å². The van der Waals surface area contributed by atoms with Crippen LogP contribution < -0.4 is 10.9 Å².